The molecule has 4 bridgehead atoms. The molecule has 0 aromatic carbocycles. The Labute approximate surface area is 134 Å². The highest BCUT2D eigenvalue weighted by atomic mass is 32.1. The molecule has 0 radical (unpaired) electrons. The van der Waals surface area contributed by atoms with Crippen LogP contribution in [0.3, 0.4) is 0 Å². The van der Waals surface area contributed by atoms with Crippen molar-refractivity contribution >= 4 is 11.3 Å². The molecule has 7 atom stereocenters. The Hall–Kier alpha value is -1.62. The summed E-state index contributed by atoms with van der Waals surface area (Å²) in [7, 11) is 0. The number of thiophene rings is 1. The van der Waals surface area contributed by atoms with E-state index < -0.39 is 51.8 Å². The predicted octanol–water partition coefficient (Wildman–Crippen LogP) is 0.628. The average Bonchev–Trinajstić information content (AvgIpc) is 3.15. The Kier molecular flexibility index (Phi) is 3.21. The van der Waals surface area contributed by atoms with Gasteiger partial charge in [0, 0.05) is 14.7 Å². The van der Waals surface area contributed by atoms with Gasteiger partial charge in [0.2, 0.25) is 6.04 Å². The number of ether oxygens (including phenoxy) is 2. The normalized spacial score (nSPS) is 44.9. The van der Waals surface area contributed by atoms with Crippen LogP contribution in [0.4, 0.5) is 0 Å². The maximum atomic E-state index is 11.7. The highest BCUT2D eigenvalue weighted by Crippen LogP contribution is 2.54. The second-order valence-corrected chi connectivity index (χ2v) is 7.23. The van der Waals surface area contributed by atoms with Gasteiger partial charge in [-0.25, -0.2) is 0 Å². The van der Waals surface area contributed by atoms with E-state index in [4.69, 9.17) is 9.47 Å². The third-order valence-corrected chi connectivity index (χ3v) is 6.13. The van der Waals surface area contributed by atoms with Crippen LogP contribution in [-0.2, 0) is 9.47 Å². The number of rotatable bonds is 3. The highest BCUT2D eigenvalue weighted by molar-refractivity contribution is 7.10. The lowest BCUT2D eigenvalue weighted by atomic mass is 9.63. The molecule has 2 aliphatic heterocycles. The molecule has 0 amide bonds. The topological polar surface area (TPSA) is 125 Å². The molecule has 0 unspecified atom stereocenters. The molecular weight excluding hydrogens is 328 g/mol. The van der Waals surface area contributed by atoms with E-state index in [0.717, 1.165) is 0 Å². The molecule has 1 aliphatic carbocycles. The number of hydrogen-bond acceptors (Lipinski definition) is 8. The molecule has 2 saturated heterocycles. The summed E-state index contributed by atoms with van der Waals surface area (Å²) in [6, 6.07) is 0.620. The summed E-state index contributed by atoms with van der Waals surface area (Å²) in [6.45, 7) is 0.115. The van der Waals surface area contributed by atoms with Crippen LogP contribution in [-0.4, -0.2) is 51.6 Å². The smallest absolute Gasteiger partial charge is 0.260 e. The fraction of sp³-hybridized carbons (Fsp3) is 0.692. The molecular formula is C13H14N2O7S. The summed E-state index contributed by atoms with van der Waals surface area (Å²) in [5.74, 6) is -1.61. The fourth-order valence-corrected chi connectivity index (χ4v) is 5.18. The largest absolute Gasteiger partial charge is 0.378 e. The van der Waals surface area contributed by atoms with Crippen LogP contribution >= 0.6 is 11.3 Å². The molecule has 0 spiro atoms. The monoisotopic (exact) mass is 342 g/mol. The van der Waals surface area contributed by atoms with Gasteiger partial charge >= 0.3 is 0 Å². The molecule has 1 N–H and O–H groups in total. The van der Waals surface area contributed by atoms with Crippen LogP contribution in [0.15, 0.2) is 17.5 Å². The van der Waals surface area contributed by atoms with Gasteiger partial charge in [0.15, 0.2) is 11.9 Å². The van der Waals surface area contributed by atoms with Gasteiger partial charge in [-0.1, -0.05) is 6.07 Å². The molecule has 3 heterocycles. The predicted molar refractivity (Wildman–Crippen MR) is 76.3 cm³/mol. The van der Waals surface area contributed by atoms with Crippen molar-refractivity contribution in [3.8, 4) is 0 Å². The van der Waals surface area contributed by atoms with Crippen LogP contribution in [0.1, 0.15) is 17.2 Å². The lowest BCUT2D eigenvalue weighted by Crippen LogP contribution is -2.69. The number of hydrogen-bond donors (Lipinski definition) is 1. The Morgan fingerprint density at radius 1 is 1.35 bits per heavy atom. The van der Waals surface area contributed by atoms with Crippen molar-refractivity contribution in [3.05, 3.63) is 42.6 Å². The maximum absolute atomic E-state index is 11.7. The number of nitrogens with zero attached hydrogens (tertiary/aromatic N) is 2. The number of aliphatic hydroxyl groups is 1. The van der Waals surface area contributed by atoms with Crippen molar-refractivity contribution in [1.82, 2.24) is 0 Å². The van der Waals surface area contributed by atoms with Crippen LogP contribution in [0.2, 0.25) is 0 Å². The average molecular weight is 342 g/mol. The fourth-order valence-electron chi connectivity index (χ4n) is 4.28. The summed E-state index contributed by atoms with van der Waals surface area (Å²) >= 11 is 1.23. The quantitative estimate of drug-likeness (QED) is 0.631. The minimum Gasteiger partial charge on any atom is -0.378 e. The van der Waals surface area contributed by atoms with E-state index >= 15 is 0 Å². The first-order valence-electron chi connectivity index (χ1n) is 7.23. The van der Waals surface area contributed by atoms with E-state index in [-0.39, 0.29) is 13.0 Å². The van der Waals surface area contributed by atoms with Crippen molar-refractivity contribution in [1.29, 1.82) is 0 Å². The molecule has 4 rings (SSSR count). The van der Waals surface area contributed by atoms with E-state index in [2.05, 4.69) is 0 Å². The van der Waals surface area contributed by atoms with Gasteiger partial charge in [-0.15, -0.1) is 11.3 Å². The Balaban J connectivity index is 1.89. The standard InChI is InChI=1S/C13H14N2O7S/c16-13-4-6(7-5-21-12(13)22-7)10(14(17)18)9(11(13)15(19)20)8-2-1-3-23-8/h1-3,6-7,9-12,16H,4-5H2/t6-,7+,9-,10+,11-,12-,13-/m0/s1. The molecule has 124 valence electrons. The van der Waals surface area contributed by atoms with Crippen molar-refractivity contribution < 1.29 is 24.4 Å². The van der Waals surface area contributed by atoms with E-state index in [0.29, 0.717) is 4.88 Å². The molecule has 23 heavy (non-hydrogen) atoms. The van der Waals surface area contributed by atoms with Gasteiger partial charge in [0.05, 0.1) is 18.6 Å². The zero-order valence-electron chi connectivity index (χ0n) is 11.8. The summed E-state index contributed by atoms with van der Waals surface area (Å²) in [4.78, 5) is 22.9. The van der Waals surface area contributed by atoms with E-state index in [1.165, 1.54) is 11.3 Å². The van der Waals surface area contributed by atoms with Crippen LogP contribution in [0, 0.1) is 26.1 Å². The lowest BCUT2D eigenvalue weighted by Gasteiger charge is -2.48. The van der Waals surface area contributed by atoms with Crippen LogP contribution in [0.5, 0.6) is 0 Å². The molecule has 1 aromatic rings. The number of nitro groups is 2. The SMILES string of the molecule is O=[N+]([O-])[C@@H]1[C@H]2C[C@@](O)([C@H]3OC[C@H]2O3)[C@@H]([N+](=O)[O-])[C@H]1c1cccs1. The van der Waals surface area contributed by atoms with E-state index in [1.54, 1.807) is 17.5 Å². The second kappa shape index (κ2) is 4.94. The summed E-state index contributed by atoms with van der Waals surface area (Å²) in [5.41, 5.74) is -1.86. The first kappa shape index (κ1) is 14.9. The zero-order valence-corrected chi connectivity index (χ0v) is 12.6. The van der Waals surface area contributed by atoms with Crippen LogP contribution < -0.4 is 0 Å². The zero-order chi connectivity index (χ0) is 16.4. The minimum absolute atomic E-state index is 0.0541. The van der Waals surface area contributed by atoms with Crippen LogP contribution in [0.25, 0.3) is 0 Å². The first-order chi connectivity index (χ1) is 10.9. The maximum Gasteiger partial charge on any atom is 0.260 e. The van der Waals surface area contributed by atoms with Crippen molar-refractivity contribution in [2.75, 3.05) is 6.61 Å². The van der Waals surface area contributed by atoms with Gasteiger partial charge in [0.25, 0.3) is 6.04 Å². The Morgan fingerprint density at radius 3 is 2.74 bits per heavy atom. The molecule has 9 nitrogen and oxygen atoms in total. The number of fused-ring (bicyclic) bond motifs is 6. The van der Waals surface area contributed by atoms with Gasteiger partial charge in [-0.2, -0.15) is 0 Å². The summed E-state index contributed by atoms with van der Waals surface area (Å²) in [5, 5.41) is 36.1. The molecule has 1 saturated carbocycles. The lowest BCUT2D eigenvalue weighted by molar-refractivity contribution is -0.607. The highest BCUT2D eigenvalue weighted by Gasteiger charge is 2.73. The third kappa shape index (κ3) is 1.95. The summed E-state index contributed by atoms with van der Waals surface area (Å²) in [6.07, 6.45) is -1.67. The van der Waals surface area contributed by atoms with E-state index in [9.17, 15) is 25.3 Å². The second-order valence-electron chi connectivity index (χ2n) is 6.25. The van der Waals surface area contributed by atoms with Gasteiger partial charge in [-0.05, 0) is 17.9 Å². The van der Waals surface area contributed by atoms with Gasteiger partial charge in [-0.3, -0.25) is 20.2 Å². The van der Waals surface area contributed by atoms with Crippen molar-refractivity contribution in [2.45, 2.75) is 42.4 Å². The molecule has 3 aliphatic rings. The summed E-state index contributed by atoms with van der Waals surface area (Å²) < 4.78 is 10.9. The van der Waals surface area contributed by atoms with E-state index in [1.807, 2.05) is 0 Å². The van der Waals surface area contributed by atoms with Crippen molar-refractivity contribution in [3.63, 3.8) is 0 Å². The molecule has 10 heteroatoms. The Bertz CT molecular complexity index is 653. The van der Waals surface area contributed by atoms with Crippen molar-refractivity contribution in [2.24, 2.45) is 5.92 Å². The third-order valence-electron chi connectivity index (χ3n) is 5.16. The van der Waals surface area contributed by atoms with Gasteiger partial charge in [0.1, 0.15) is 5.92 Å². The first-order valence-corrected chi connectivity index (χ1v) is 8.11. The molecule has 3 fully saturated rings. The molecule has 1 aromatic heterocycles. The van der Waals surface area contributed by atoms with Gasteiger partial charge < -0.3 is 14.6 Å². The minimum atomic E-state index is -1.86. The Morgan fingerprint density at radius 2 is 2.13 bits per heavy atom.